The van der Waals surface area contributed by atoms with Crippen LogP contribution in [0.25, 0.3) is 0 Å². The number of benzene rings is 1. The number of nitrogens with one attached hydrogen (secondary N) is 1. The molecular formula is C20H24N4O4. The van der Waals surface area contributed by atoms with Crippen molar-refractivity contribution in [3.8, 4) is 6.01 Å². The lowest BCUT2D eigenvalue weighted by Crippen LogP contribution is -2.43. The lowest BCUT2D eigenvalue weighted by atomic mass is 10.1. The number of aromatic nitrogens is 2. The first kappa shape index (κ1) is 18.5. The second-order valence-corrected chi connectivity index (χ2v) is 6.94. The molecule has 1 fully saturated rings. The third-order valence-electron chi connectivity index (χ3n) is 5.05. The molecule has 0 radical (unpaired) electrons. The van der Waals surface area contributed by atoms with E-state index in [4.69, 9.17) is 9.47 Å². The van der Waals surface area contributed by atoms with Gasteiger partial charge in [0.2, 0.25) is 0 Å². The monoisotopic (exact) mass is 384 g/mol. The highest BCUT2D eigenvalue weighted by atomic mass is 16.5. The highest BCUT2D eigenvalue weighted by Gasteiger charge is 2.28. The van der Waals surface area contributed by atoms with Crippen molar-refractivity contribution in [2.45, 2.75) is 26.0 Å². The van der Waals surface area contributed by atoms with Gasteiger partial charge in [0.05, 0.1) is 19.3 Å². The summed E-state index contributed by atoms with van der Waals surface area (Å²) in [4.78, 5) is 30.9. The van der Waals surface area contributed by atoms with E-state index in [-0.39, 0.29) is 24.3 Å². The molecule has 1 aromatic heterocycles. The number of rotatable bonds is 5. The zero-order chi connectivity index (χ0) is 19.5. The number of hydrogen-bond donors (Lipinski definition) is 1. The smallest absolute Gasteiger partial charge is 0.345 e. The van der Waals surface area contributed by atoms with Gasteiger partial charge in [-0.05, 0) is 24.6 Å². The SMILES string of the molecule is CCOC(=O)c1cnc2n(c1=O)CC(Cc1ccc(N3CCNCC3)cc1)O2. The number of fused-ring (bicyclic) bond motifs is 1. The quantitative estimate of drug-likeness (QED) is 0.765. The van der Waals surface area contributed by atoms with Gasteiger partial charge in [0.15, 0.2) is 0 Å². The Bertz CT molecular complexity index is 903. The molecule has 1 unspecified atom stereocenters. The number of nitrogens with zero attached hydrogens (tertiary/aromatic N) is 3. The Hall–Kier alpha value is -2.87. The molecule has 4 rings (SSSR count). The molecule has 1 aromatic carbocycles. The van der Waals surface area contributed by atoms with E-state index < -0.39 is 11.5 Å². The molecule has 2 aliphatic rings. The number of carbonyl (C=O) groups excluding carboxylic acids is 1. The maximum absolute atomic E-state index is 12.5. The molecule has 1 atom stereocenters. The minimum absolute atomic E-state index is 0.0600. The number of piperazine rings is 1. The molecule has 28 heavy (non-hydrogen) atoms. The van der Waals surface area contributed by atoms with Gasteiger partial charge in [-0.15, -0.1) is 0 Å². The van der Waals surface area contributed by atoms with Crippen molar-refractivity contribution in [1.29, 1.82) is 0 Å². The minimum Gasteiger partial charge on any atom is -0.462 e. The third kappa shape index (κ3) is 3.73. The first-order valence-corrected chi connectivity index (χ1v) is 9.64. The Morgan fingerprint density at radius 3 is 2.75 bits per heavy atom. The van der Waals surface area contributed by atoms with Crippen molar-refractivity contribution in [2.24, 2.45) is 0 Å². The molecule has 1 saturated heterocycles. The predicted molar refractivity (Wildman–Crippen MR) is 104 cm³/mol. The first-order chi connectivity index (χ1) is 13.7. The van der Waals surface area contributed by atoms with Crippen LogP contribution in [0, 0.1) is 0 Å². The summed E-state index contributed by atoms with van der Waals surface area (Å²) in [6.45, 7) is 6.31. The van der Waals surface area contributed by atoms with Gasteiger partial charge in [0.1, 0.15) is 11.7 Å². The number of hydrogen-bond acceptors (Lipinski definition) is 7. The van der Waals surface area contributed by atoms with Gasteiger partial charge >= 0.3 is 5.97 Å². The fourth-order valence-electron chi connectivity index (χ4n) is 3.61. The van der Waals surface area contributed by atoms with Crippen molar-refractivity contribution < 1.29 is 14.3 Å². The summed E-state index contributed by atoms with van der Waals surface area (Å²) in [5.41, 5.74) is 1.88. The maximum Gasteiger partial charge on any atom is 0.345 e. The van der Waals surface area contributed by atoms with Crippen LogP contribution < -0.4 is 20.5 Å². The Kier molecular flexibility index (Phi) is 5.29. The molecule has 8 heteroatoms. The van der Waals surface area contributed by atoms with Gasteiger partial charge in [0, 0.05) is 38.3 Å². The highest BCUT2D eigenvalue weighted by molar-refractivity contribution is 5.88. The molecule has 1 N–H and O–H groups in total. The lowest BCUT2D eigenvalue weighted by Gasteiger charge is -2.29. The third-order valence-corrected chi connectivity index (χ3v) is 5.05. The topological polar surface area (TPSA) is 85.7 Å². The molecule has 2 aliphatic heterocycles. The van der Waals surface area contributed by atoms with Gasteiger partial charge in [0.25, 0.3) is 11.6 Å². The van der Waals surface area contributed by atoms with E-state index in [1.807, 2.05) is 0 Å². The largest absolute Gasteiger partial charge is 0.462 e. The van der Waals surface area contributed by atoms with E-state index in [9.17, 15) is 9.59 Å². The van der Waals surface area contributed by atoms with Gasteiger partial charge in [-0.25, -0.2) is 9.78 Å². The Balaban J connectivity index is 1.43. The summed E-state index contributed by atoms with van der Waals surface area (Å²) in [5.74, 6) is -0.651. The molecule has 0 amide bonds. The molecule has 8 nitrogen and oxygen atoms in total. The van der Waals surface area contributed by atoms with E-state index >= 15 is 0 Å². The summed E-state index contributed by atoms with van der Waals surface area (Å²) in [5, 5.41) is 3.35. The van der Waals surface area contributed by atoms with Gasteiger partial charge in [-0.1, -0.05) is 12.1 Å². The van der Waals surface area contributed by atoms with Crippen molar-refractivity contribution in [2.75, 3.05) is 37.7 Å². The summed E-state index contributed by atoms with van der Waals surface area (Å²) < 4.78 is 12.1. The molecule has 0 spiro atoms. The fraction of sp³-hybridized carbons (Fsp3) is 0.450. The lowest BCUT2D eigenvalue weighted by molar-refractivity contribution is 0.0523. The molecule has 0 saturated carbocycles. The average molecular weight is 384 g/mol. The summed E-state index contributed by atoms with van der Waals surface area (Å²) >= 11 is 0. The van der Waals surface area contributed by atoms with E-state index in [2.05, 4.69) is 39.5 Å². The zero-order valence-electron chi connectivity index (χ0n) is 15.9. The van der Waals surface area contributed by atoms with Crippen LogP contribution in [-0.2, 0) is 17.7 Å². The predicted octanol–water partition coefficient (Wildman–Crippen LogP) is 0.833. The molecule has 0 bridgehead atoms. The standard InChI is InChI=1S/C20H24N4O4/c1-2-27-19(26)17-12-22-20-24(18(17)25)13-16(28-20)11-14-3-5-15(6-4-14)23-9-7-21-8-10-23/h3-6,12,16,21H,2,7-11,13H2,1H3. The number of ether oxygens (including phenoxy) is 2. The Morgan fingerprint density at radius 1 is 1.29 bits per heavy atom. The first-order valence-electron chi connectivity index (χ1n) is 9.64. The van der Waals surface area contributed by atoms with Gasteiger partial charge in [-0.2, -0.15) is 0 Å². The Morgan fingerprint density at radius 2 is 2.04 bits per heavy atom. The van der Waals surface area contributed by atoms with Crippen molar-refractivity contribution in [3.63, 3.8) is 0 Å². The summed E-state index contributed by atoms with van der Waals surface area (Å²) in [6, 6.07) is 8.71. The molecular weight excluding hydrogens is 360 g/mol. The molecule has 2 aromatic rings. The second kappa shape index (κ2) is 8.02. The van der Waals surface area contributed by atoms with Crippen LogP contribution in [-0.4, -0.2) is 54.4 Å². The molecule has 0 aliphatic carbocycles. The fourth-order valence-corrected chi connectivity index (χ4v) is 3.61. The van der Waals surface area contributed by atoms with Crippen molar-refractivity contribution in [3.05, 3.63) is 51.9 Å². The van der Waals surface area contributed by atoms with Gasteiger partial charge < -0.3 is 19.7 Å². The Labute approximate surface area is 163 Å². The van der Waals surface area contributed by atoms with E-state index in [1.54, 1.807) is 6.92 Å². The van der Waals surface area contributed by atoms with Crippen LogP contribution >= 0.6 is 0 Å². The van der Waals surface area contributed by atoms with Gasteiger partial charge in [-0.3, -0.25) is 9.36 Å². The minimum atomic E-state index is -0.651. The second-order valence-electron chi connectivity index (χ2n) is 6.94. The number of anilines is 1. The van der Waals surface area contributed by atoms with Crippen LogP contribution in [0.3, 0.4) is 0 Å². The highest BCUT2D eigenvalue weighted by Crippen LogP contribution is 2.22. The van der Waals surface area contributed by atoms with Crippen LogP contribution in [0.5, 0.6) is 6.01 Å². The van der Waals surface area contributed by atoms with E-state index in [0.29, 0.717) is 13.0 Å². The van der Waals surface area contributed by atoms with E-state index in [0.717, 1.165) is 31.7 Å². The van der Waals surface area contributed by atoms with Crippen LogP contribution in [0.15, 0.2) is 35.3 Å². The maximum atomic E-state index is 12.5. The van der Waals surface area contributed by atoms with Crippen molar-refractivity contribution in [1.82, 2.24) is 14.9 Å². The number of carbonyl (C=O) groups is 1. The van der Waals surface area contributed by atoms with Crippen LogP contribution in [0.4, 0.5) is 5.69 Å². The summed E-state index contributed by atoms with van der Waals surface area (Å²) in [6.07, 6.45) is 1.71. The van der Waals surface area contributed by atoms with Crippen LogP contribution in [0.1, 0.15) is 22.8 Å². The average Bonchev–Trinajstić information content (AvgIpc) is 3.13. The molecule has 3 heterocycles. The van der Waals surface area contributed by atoms with Crippen molar-refractivity contribution >= 4 is 11.7 Å². The van der Waals surface area contributed by atoms with Crippen LogP contribution in [0.2, 0.25) is 0 Å². The number of esters is 1. The zero-order valence-corrected chi connectivity index (χ0v) is 15.9. The molecule has 148 valence electrons. The van der Waals surface area contributed by atoms with E-state index in [1.165, 1.54) is 16.5 Å². The summed E-state index contributed by atoms with van der Waals surface area (Å²) in [7, 11) is 0. The normalized spacial score (nSPS) is 18.5.